The van der Waals surface area contributed by atoms with Crippen LogP contribution in [0.15, 0.2) is 11.4 Å². The topological polar surface area (TPSA) is 26.0 Å². The highest BCUT2D eigenvalue weighted by Gasteiger charge is 2.26. The molecule has 1 unspecified atom stereocenters. The average Bonchev–Trinajstić information content (AvgIpc) is 2.48. The third kappa shape index (κ3) is 4.40. The summed E-state index contributed by atoms with van der Waals surface area (Å²) in [4.78, 5) is 0.763. The highest BCUT2D eigenvalue weighted by atomic mass is 35.5. The van der Waals surface area contributed by atoms with E-state index in [0.29, 0.717) is 11.4 Å². The second-order valence-corrected chi connectivity index (χ2v) is 4.60. The lowest BCUT2D eigenvalue weighted by Gasteiger charge is -2.11. The molecule has 1 heterocycles. The maximum Gasteiger partial charge on any atom is 0.389 e. The van der Waals surface area contributed by atoms with Crippen LogP contribution in [0.1, 0.15) is 30.2 Å². The number of rotatable bonds is 4. The van der Waals surface area contributed by atoms with E-state index >= 15 is 0 Å². The van der Waals surface area contributed by atoms with Crippen molar-refractivity contribution in [3.8, 4) is 0 Å². The van der Waals surface area contributed by atoms with Crippen LogP contribution in [0.2, 0.25) is 5.02 Å². The summed E-state index contributed by atoms with van der Waals surface area (Å²) in [6.07, 6.45) is -4.54. The monoisotopic (exact) mass is 257 g/mol. The fourth-order valence-electron chi connectivity index (χ4n) is 1.22. The Hall–Kier alpha value is -0.260. The maximum absolute atomic E-state index is 11.9. The molecular weight excluding hydrogens is 247 g/mol. The van der Waals surface area contributed by atoms with E-state index in [4.69, 9.17) is 17.3 Å². The Balaban J connectivity index is 2.37. The quantitative estimate of drug-likeness (QED) is 0.862. The Morgan fingerprint density at radius 3 is 2.60 bits per heavy atom. The summed E-state index contributed by atoms with van der Waals surface area (Å²) < 4.78 is 35.6. The number of thiophene rings is 1. The number of nitrogens with two attached hydrogens (primary N) is 1. The van der Waals surface area contributed by atoms with Crippen LogP contribution in [0.5, 0.6) is 0 Å². The SMILES string of the molecule is NC(CCCC(F)(F)F)c1sccc1Cl. The first-order valence-electron chi connectivity index (χ1n) is 4.45. The normalized spacial score (nSPS) is 14.2. The summed E-state index contributed by atoms with van der Waals surface area (Å²) >= 11 is 7.19. The molecule has 0 aliphatic heterocycles. The van der Waals surface area contributed by atoms with Gasteiger partial charge in [-0.05, 0) is 24.3 Å². The van der Waals surface area contributed by atoms with Crippen LogP contribution in [-0.4, -0.2) is 6.18 Å². The summed E-state index contributed by atoms with van der Waals surface area (Å²) in [7, 11) is 0. The molecule has 1 nitrogen and oxygen atoms in total. The third-order valence-electron chi connectivity index (χ3n) is 1.96. The van der Waals surface area contributed by atoms with Gasteiger partial charge in [0.2, 0.25) is 0 Å². The number of hydrogen-bond donors (Lipinski definition) is 1. The molecule has 0 saturated carbocycles. The van der Waals surface area contributed by atoms with Gasteiger partial charge in [-0.2, -0.15) is 13.2 Å². The molecule has 0 saturated heterocycles. The largest absolute Gasteiger partial charge is 0.389 e. The number of halogens is 4. The first-order chi connectivity index (χ1) is 6.90. The minimum Gasteiger partial charge on any atom is -0.323 e. The van der Waals surface area contributed by atoms with Gasteiger partial charge >= 0.3 is 6.18 Å². The minimum absolute atomic E-state index is 0.0406. The van der Waals surface area contributed by atoms with Crippen LogP contribution in [0.3, 0.4) is 0 Å². The van der Waals surface area contributed by atoms with Gasteiger partial charge in [-0.1, -0.05) is 11.6 Å². The summed E-state index contributed by atoms with van der Waals surface area (Å²) in [5.74, 6) is 0. The van der Waals surface area contributed by atoms with Crippen LogP contribution < -0.4 is 5.73 Å². The van der Waals surface area contributed by atoms with Gasteiger partial charge in [0.05, 0.1) is 5.02 Å². The molecular formula is C9H11ClF3NS. The zero-order valence-electron chi connectivity index (χ0n) is 7.85. The van der Waals surface area contributed by atoms with Crippen molar-refractivity contribution in [2.75, 3.05) is 0 Å². The molecule has 0 fully saturated rings. The average molecular weight is 258 g/mol. The molecule has 1 aromatic rings. The maximum atomic E-state index is 11.9. The van der Waals surface area contributed by atoms with Crippen molar-refractivity contribution in [1.29, 1.82) is 0 Å². The standard InChI is InChI=1S/C9H11ClF3NS/c10-6-3-5-15-8(6)7(14)2-1-4-9(11,12)13/h3,5,7H,1-2,4,14H2. The van der Waals surface area contributed by atoms with Gasteiger partial charge in [0.15, 0.2) is 0 Å². The van der Waals surface area contributed by atoms with E-state index in [0.717, 1.165) is 4.88 Å². The second-order valence-electron chi connectivity index (χ2n) is 3.25. The van der Waals surface area contributed by atoms with Gasteiger partial charge in [-0.15, -0.1) is 11.3 Å². The van der Waals surface area contributed by atoms with E-state index < -0.39 is 12.6 Å². The Morgan fingerprint density at radius 2 is 2.13 bits per heavy atom. The second kappa shape index (κ2) is 5.18. The molecule has 0 amide bonds. The van der Waals surface area contributed by atoms with Crippen LogP contribution in [-0.2, 0) is 0 Å². The highest BCUT2D eigenvalue weighted by Crippen LogP contribution is 2.31. The molecule has 6 heteroatoms. The lowest BCUT2D eigenvalue weighted by molar-refractivity contribution is -0.135. The predicted octanol–water partition coefficient (Wildman–Crippen LogP) is 4.13. The molecule has 1 atom stereocenters. The minimum atomic E-state index is -4.10. The Kier molecular flexibility index (Phi) is 4.43. The van der Waals surface area contributed by atoms with Crippen molar-refractivity contribution in [2.24, 2.45) is 5.73 Å². The molecule has 0 aliphatic rings. The first kappa shape index (κ1) is 12.8. The molecule has 1 aromatic heterocycles. The zero-order chi connectivity index (χ0) is 11.5. The fraction of sp³-hybridized carbons (Fsp3) is 0.556. The third-order valence-corrected chi connectivity index (χ3v) is 3.45. The molecule has 0 spiro atoms. The summed E-state index contributed by atoms with van der Waals surface area (Å²) in [6, 6.07) is 1.31. The zero-order valence-corrected chi connectivity index (χ0v) is 9.42. The van der Waals surface area contributed by atoms with Gasteiger partial charge in [0.25, 0.3) is 0 Å². The Labute approximate surface area is 95.0 Å². The van der Waals surface area contributed by atoms with Crippen molar-refractivity contribution in [1.82, 2.24) is 0 Å². The van der Waals surface area contributed by atoms with E-state index in [9.17, 15) is 13.2 Å². The molecule has 86 valence electrons. The molecule has 1 rings (SSSR count). The highest BCUT2D eigenvalue weighted by molar-refractivity contribution is 7.10. The van der Waals surface area contributed by atoms with Gasteiger partial charge in [-0.3, -0.25) is 0 Å². The summed E-state index contributed by atoms with van der Waals surface area (Å²) in [6.45, 7) is 0. The van der Waals surface area contributed by atoms with Crippen molar-refractivity contribution < 1.29 is 13.2 Å². The van der Waals surface area contributed by atoms with Crippen molar-refractivity contribution in [2.45, 2.75) is 31.5 Å². The first-order valence-corrected chi connectivity index (χ1v) is 5.71. The van der Waals surface area contributed by atoms with E-state index in [-0.39, 0.29) is 12.5 Å². The van der Waals surface area contributed by atoms with E-state index in [1.807, 2.05) is 0 Å². The van der Waals surface area contributed by atoms with Gasteiger partial charge in [-0.25, -0.2) is 0 Å². The molecule has 0 bridgehead atoms. The van der Waals surface area contributed by atoms with E-state index in [1.165, 1.54) is 11.3 Å². The lowest BCUT2D eigenvalue weighted by Crippen LogP contribution is -2.12. The summed E-state index contributed by atoms with van der Waals surface area (Å²) in [5, 5.41) is 2.32. The van der Waals surface area contributed by atoms with Crippen molar-refractivity contribution in [3.05, 3.63) is 21.3 Å². The molecule has 0 radical (unpaired) electrons. The smallest absolute Gasteiger partial charge is 0.323 e. The lowest BCUT2D eigenvalue weighted by atomic mass is 10.1. The summed E-state index contributed by atoms with van der Waals surface area (Å²) in [5.41, 5.74) is 5.73. The van der Waals surface area contributed by atoms with E-state index in [2.05, 4.69) is 0 Å². The van der Waals surface area contributed by atoms with Crippen LogP contribution >= 0.6 is 22.9 Å². The van der Waals surface area contributed by atoms with Crippen molar-refractivity contribution in [3.63, 3.8) is 0 Å². The fourth-order valence-corrected chi connectivity index (χ4v) is 2.46. The van der Waals surface area contributed by atoms with Gasteiger partial charge in [0.1, 0.15) is 0 Å². The van der Waals surface area contributed by atoms with Gasteiger partial charge < -0.3 is 5.73 Å². The van der Waals surface area contributed by atoms with Crippen molar-refractivity contribution >= 4 is 22.9 Å². The number of alkyl halides is 3. The van der Waals surface area contributed by atoms with Crippen LogP contribution in [0, 0.1) is 0 Å². The molecule has 0 aliphatic carbocycles. The molecule has 0 aromatic carbocycles. The molecule has 15 heavy (non-hydrogen) atoms. The van der Waals surface area contributed by atoms with Crippen LogP contribution in [0.25, 0.3) is 0 Å². The van der Waals surface area contributed by atoms with Crippen LogP contribution in [0.4, 0.5) is 13.2 Å². The Bertz CT molecular complexity index is 311. The van der Waals surface area contributed by atoms with E-state index in [1.54, 1.807) is 11.4 Å². The van der Waals surface area contributed by atoms with Gasteiger partial charge in [0, 0.05) is 17.3 Å². The Morgan fingerprint density at radius 1 is 1.47 bits per heavy atom. The predicted molar refractivity (Wildman–Crippen MR) is 56.2 cm³/mol. The number of hydrogen-bond acceptors (Lipinski definition) is 2. The molecule has 2 N–H and O–H groups in total.